The molecule has 5 heteroatoms. The summed E-state index contributed by atoms with van der Waals surface area (Å²) in [7, 11) is 0. The van der Waals surface area contributed by atoms with Crippen molar-refractivity contribution >= 4 is 38.2 Å². The van der Waals surface area contributed by atoms with Crippen molar-refractivity contribution in [3.05, 3.63) is 65.3 Å². The van der Waals surface area contributed by atoms with Crippen LogP contribution in [0.15, 0.2) is 54.9 Å². The molecular weight excluding hydrogens is 380 g/mol. The van der Waals surface area contributed by atoms with Crippen molar-refractivity contribution in [2.45, 2.75) is 20.3 Å². The van der Waals surface area contributed by atoms with E-state index < -0.39 is 0 Å². The molecule has 0 aliphatic heterocycles. The highest BCUT2D eigenvalue weighted by molar-refractivity contribution is 7.19. The molecule has 144 valence electrons. The fraction of sp³-hybridized carbons (Fsp3) is 0.208. The van der Waals surface area contributed by atoms with Gasteiger partial charge in [-0.3, -0.25) is 9.78 Å². The van der Waals surface area contributed by atoms with Gasteiger partial charge in [-0.25, -0.2) is 0 Å². The summed E-state index contributed by atoms with van der Waals surface area (Å²) in [6.07, 6.45) is 4.39. The minimum Gasteiger partial charge on any atom is -0.466 e. The van der Waals surface area contributed by atoms with Gasteiger partial charge in [-0.2, -0.15) is 5.26 Å². The topological polar surface area (TPSA) is 63.0 Å². The number of benzene rings is 2. The van der Waals surface area contributed by atoms with Crippen molar-refractivity contribution in [1.82, 2.24) is 4.98 Å². The molecule has 4 aromatic rings. The normalized spacial score (nSPS) is 12.0. The lowest BCUT2D eigenvalue weighted by Gasteiger charge is -2.09. The van der Waals surface area contributed by atoms with Gasteiger partial charge in [0.2, 0.25) is 0 Å². The van der Waals surface area contributed by atoms with E-state index in [0.29, 0.717) is 18.6 Å². The zero-order chi connectivity index (χ0) is 20.4. The number of carbonyl (C=O) groups is 1. The van der Waals surface area contributed by atoms with Crippen molar-refractivity contribution in [3.63, 3.8) is 0 Å². The molecule has 2 aromatic carbocycles. The first-order valence-corrected chi connectivity index (χ1v) is 10.4. The second-order valence-corrected chi connectivity index (χ2v) is 8.13. The first-order chi connectivity index (χ1) is 14.1. The molecule has 29 heavy (non-hydrogen) atoms. The quantitative estimate of drug-likeness (QED) is 0.401. The second-order valence-electron chi connectivity index (χ2n) is 6.99. The molecule has 4 nitrogen and oxygen atoms in total. The van der Waals surface area contributed by atoms with Crippen LogP contribution in [-0.4, -0.2) is 17.6 Å². The van der Waals surface area contributed by atoms with Crippen LogP contribution in [0.3, 0.4) is 0 Å². The molecule has 0 radical (unpaired) electrons. The molecule has 4 rings (SSSR count). The Bertz CT molecular complexity index is 1250. The van der Waals surface area contributed by atoms with Gasteiger partial charge >= 0.3 is 5.97 Å². The van der Waals surface area contributed by atoms with E-state index in [4.69, 9.17) is 4.74 Å². The fourth-order valence-corrected chi connectivity index (χ4v) is 4.89. The number of rotatable bonds is 5. The van der Waals surface area contributed by atoms with E-state index in [9.17, 15) is 10.1 Å². The Hall–Kier alpha value is -3.23. The van der Waals surface area contributed by atoms with Gasteiger partial charge in [0.25, 0.3) is 0 Å². The van der Waals surface area contributed by atoms with E-state index >= 15 is 0 Å². The van der Waals surface area contributed by atoms with E-state index in [1.54, 1.807) is 11.3 Å². The van der Waals surface area contributed by atoms with E-state index in [1.807, 2.05) is 62.6 Å². The maximum Gasteiger partial charge on any atom is 0.309 e. The summed E-state index contributed by atoms with van der Waals surface area (Å²) in [6, 6.07) is 16.2. The Balaban J connectivity index is 1.80. The molecule has 0 bridgehead atoms. The molecular formula is C24H20N2O2S. The number of pyridine rings is 1. The number of ether oxygens (including phenoxy) is 1. The van der Waals surface area contributed by atoms with Gasteiger partial charge in [-0.05, 0) is 36.4 Å². The zero-order valence-electron chi connectivity index (χ0n) is 16.3. The lowest BCUT2D eigenvalue weighted by atomic mass is 9.96. The number of hydrogen-bond acceptors (Lipinski definition) is 5. The Kier molecular flexibility index (Phi) is 5.28. The molecule has 0 aliphatic rings. The van der Waals surface area contributed by atoms with Gasteiger partial charge in [-0.15, -0.1) is 11.3 Å². The minimum absolute atomic E-state index is 0.165. The van der Waals surface area contributed by atoms with Crippen LogP contribution in [0.25, 0.3) is 32.0 Å². The number of aromatic nitrogens is 1. The van der Waals surface area contributed by atoms with Gasteiger partial charge in [0.15, 0.2) is 0 Å². The number of nitrogens with zero attached hydrogens (tertiary/aromatic N) is 2. The Morgan fingerprint density at radius 1 is 1.17 bits per heavy atom. The molecule has 2 aromatic heterocycles. The van der Waals surface area contributed by atoms with Gasteiger partial charge in [-0.1, -0.05) is 37.3 Å². The Labute approximate surface area is 173 Å². The summed E-state index contributed by atoms with van der Waals surface area (Å²) in [5, 5.41) is 12.5. The first-order valence-electron chi connectivity index (χ1n) is 9.57. The summed E-state index contributed by atoms with van der Waals surface area (Å²) in [5.41, 5.74) is 2.77. The zero-order valence-corrected chi connectivity index (χ0v) is 17.1. The van der Waals surface area contributed by atoms with E-state index in [1.165, 1.54) is 0 Å². The molecule has 1 atom stereocenters. The maximum atomic E-state index is 12.0. The van der Waals surface area contributed by atoms with Crippen LogP contribution in [0.2, 0.25) is 0 Å². The highest BCUT2D eigenvalue weighted by atomic mass is 32.1. The lowest BCUT2D eigenvalue weighted by Crippen LogP contribution is -2.16. The predicted octanol–water partition coefficient (Wildman–Crippen LogP) is 5.73. The van der Waals surface area contributed by atoms with Crippen LogP contribution in [0.4, 0.5) is 0 Å². The van der Waals surface area contributed by atoms with E-state index in [-0.39, 0.29) is 11.9 Å². The average Bonchev–Trinajstić information content (AvgIpc) is 3.15. The van der Waals surface area contributed by atoms with Crippen molar-refractivity contribution in [2.75, 3.05) is 6.61 Å². The maximum absolute atomic E-state index is 12.0. The monoisotopic (exact) mass is 400 g/mol. The summed E-state index contributed by atoms with van der Waals surface area (Å²) < 4.78 is 6.28. The third-order valence-electron chi connectivity index (χ3n) is 5.00. The summed E-state index contributed by atoms with van der Waals surface area (Å²) >= 11 is 1.69. The Morgan fingerprint density at radius 2 is 1.97 bits per heavy atom. The van der Waals surface area contributed by atoms with Gasteiger partial charge in [0.05, 0.1) is 24.2 Å². The summed E-state index contributed by atoms with van der Waals surface area (Å²) in [4.78, 5) is 17.6. The first kappa shape index (κ1) is 19.1. The third-order valence-corrected chi connectivity index (χ3v) is 6.21. The number of thiophene rings is 1. The van der Waals surface area contributed by atoms with Gasteiger partial charge in [0.1, 0.15) is 0 Å². The second kappa shape index (κ2) is 8.02. The minimum atomic E-state index is -0.185. The van der Waals surface area contributed by atoms with Crippen LogP contribution in [0, 0.1) is 17.2 Å². The third kappa shape index (κ3) is 3.59. The molecule has 0 unspecified atom stereocenters. The number of nitriles is 1. The number of fused-ring (bicyclic) bond motifs is 2. The molecule has 0 spiro atoms. The molecule has 0 fully saturated rings. The molecule has 0 N–H and O–H groups in total. The van der Waals surface area contributed by atoms with Gasteiger partial charge < -0.3 is 4.74 Å². The average molecular weight is 401 g/mol. The number of esters is 1. The standard InChI is InChI=1S/C24H20N2O2S/c1-3-28-24(27)15(2)10-18-11-17-13-26-14-22(23(17)29-18)21-9-8-16(12-25)19-6-4-5-7-20(19)21/h4-9,11,13-15H,3,10H2,1-2H3/t15-/m0/s1. The van der Waals surface area contributed by atoms with Crippen LogP contribution in [-0.2, 0) is 16.0 Å². The van der Waals surface area contributed by atoms with E-state index in [2.05, 4.69) is 17.1 Å². The molecule has 2 heterocycles. The predicted molar refractivity (Wildman–Crippen MR) is 117 cm³/mol. The van der Waals surface area contributed by atoms with Crippen molar-refractivity contribution in [3.8, 4) is 17.2 Å². The van der Waals surface area contributed by atoms with E-state index in [0.717, 1.165) is 36.9 Å². The number of carbonyl (C=O) groups excluding carboxylic acids is 1. The Morgan fingerprint density at radius 3 is 2.72 bits per heavy atom. The van der Waals surface area contributed by atoms with Crippen molar-refractivity contribution < 1.29 is 9.53 Å². The van der Waals surface area contributed by atoms with Crippen molar-refractivity contribution in [1.29, 1.82) is 5.26 Å². The van der Waals surface area contributed by atoms with Crippen LogP contribution < -0.4 is 0 Å². The fourth-order valence-electron chi connectivity index (χ4n) is 3.61. The number of hydrogen-bond donors (Lipinski definition) is 0. The summed E-state index contributed by atoms with van der Waals surface area (Å²) in [6.45, 7) is 4.12. The molecule has 0 saturated heterocycles. The molecule has 0 saturated carbocycles. The van der Waals surface area contributed by atoms with Crippen LogP contribution in [0.1, 0.15) is 24.3 Å². The van der Waals surface area contributed by atoms with Crippen LogP contribution in [0.5, 0.6) is 0 Å². The SMILES string of the molecule is CCOC(=O)[C@@H](C)Cc1cc2cncc(-c3ccc(C#N)c4ccccc34)c2s1. The summed E-state index contributed by atoms with van der Waals surface area (Å²) in [5.74, 6) is -0.350. The van der Waals surface area contributed by atoms with Crippen molar-refractivity contribution in [2.24, 2.45) is 5.92 Å². The molecule has 0 amide bonds. The smallest absolute Gasteiger partial charge is 0.309 e. The highest BCUT2D eigenvalue weighted by Gasteiger charge is 2.18. The molecule has 0 aliphatic carbocycles. The largest absolute Gasteiger partial charge is 0.466 e. The highest BCUT2D eigenvalue weighted by Crippen LogP contribution is 2.38. The van der Waals surface area contributed by atoms with Gasteiger partial charge in [0, 0.05) is 38.3 Å². The van der Waals surface area contributed by atoms with Crippen LogP contribution >= 0.6 is 11.3 Å². The lowest BCUT2D eigenvalue weighted by molar-refractivity contribution is -0.147.